The second-order valence-electron chi connectivity index (χ2n) is 6.00. The first-order chi connectivity index (χ1) is 13.8. The lowest BCUT2D eigenvalue weighted by Gasteiger charge is -2.14. The number of halogens is 4. The predicted octanol–water partition coefficient (Wildman–Crippen LogP) is 3.43. The SMILES string of the molecule is CN=C(NCCNC(=O)c1ccc(C(F)(F)F)cc1)NCc1ccccc1OC.I. The first kappa shape index (κ1) is 25.5. The average molecular weight is 536 g/mol. The van der Waals surface area contributed by atoms with Gasteiger partial charge < -0.3 is 20.7 Å². The fraction of sp³-hybridized carbons (Fsp3) is 0.300. The maximum atomic E-state index is 12.6. The predicted molar refractivity (Wildman–Crippen MR) is 120 cm³/mol. The molecule has 2 aromatic rings. The third-order valence-corrected chi connectivity index (χ3v) is 4.04. The van der Waals surface area contributed by atoms with Crippen molar-refractivity contribution in [2.24, 2.45) is 4.99 Å². The quantitative estimate of drug-likeness (QED) is 0.220. The van der Waals surface area contributed by atoms with Gasteiger partial charge in [-0.1, -0.05) is 18.2 Å². The fourth-order valence-corrected chi connectivity index (χ4v) is 2.52. The Labute approximate surface area is 190 Å². The van der Waals surface area contributed by atoms with Crippen molar-refractivity contribution in [3.05, 3.63) is 65.2 Å². The zero-order valence-electron chi connectivity index (χ0n) is 16.5. The molecule has 0 bridgehead atoms. The number of amides is 1. The first-order valence-corrected chi connectivity index (χ1v) is 8.87. The monoisotopic (exact) mass is 536 g/mol. The van der Waals surface area contributed by atoms with Gasteiger partial charge in [0.25, 0.3) is 5.91 Å². The Morgan fingerprint density at radius 3 is 2.23 bits per heavy atom. The summed E-state index contributed by atoms with van der Waals surface area (Å²) >= 11 is 0. The molecule has 0 unspecified atom stereocenters. The molecule has 0 aliphatic carbocycles. The largest absolute Gasteiger partial charge is 0.496 e. The Bertz CT molecular complexity index is 843. The topological polar surface area (TPSA) is 74.8 Å². The molecule has 6 nitrogen and oxygen atoms in total. The molecular weight excluding hydrogens is 512 g/mol. The summed E-state index contributed by atoms with van der Waals surface area (Å²) < 4.78 is 43.0. The van der Waals surface area contributed by atoms with Crippen LogP contribution in [0.2, 0.25) is 0 Å². The van der Waals surface area contributed by atoms with E-state index < -0.39 is 17.6 Å². The lowest BCUT2D eigenvalue weighted by Crippen LogP contribution is -2.41. The van der Waals surface area contributed by atoms with Crippen LogP contribution in [0.5, 0.6) is 5.75 Å². The van der Waals surface area contributed by atoms with Crippen molar-refractivity contribution in [1.82, 2.24) is 16.0 Å². The number of hydrogen-bond acceptors (Lipinski definition) is 3. The molecular formula is C20H24F3IN4O2. The summed E-state index contributed by atoms with van der Waals surface area (Å²) in [6.07, 6.45) is -4.43. The van der Waals surface area contributed by atoms with Gasteiger partial charge in [-0.05, 0) is 30.3 Å². The number of benzene rings is 2. The summed E-state index contributed by atoms with van der Waals surface area (Å²) in [4.78, 5) is 16.1. The number of alkyl halides is 3. The van der Waals surface area contributed by atoms with Crippen LogP contribution in [0.4, 0.5) is 13.2 Å². The molecule has 0 atom stereocenters. The number of nitrogens with zero attached hydrogens (tertiary/aromatic N) is 1. The minimum Gasteiger partial charge on any atom is -0.496 e. The molecule has 164 valence electrons. The minimum absolute atomic E-state index is 0. The van der Waals surface area contributed by atoms with Gasteiger partial charge in [-0.2, -0.15) is 13.2 Å². The third-order valence-electron chi connectivity index (χ3n) is 4.04. The molecule has 0 fully saturated rings. The van der Waals surface area contributed by atoms with Crippen molar-refractivity contribution in [2.45, 2.75) is 12.7 Å². The van der Waals surface area contributed by atoms with Crippen LogP contribution >= 0.6 is 24.0 Å². The van der Waals surface area contributed by atoms with E-state index in [0.29, 0.717) is 19.0 Å². The molecule has 0 aliphatic rings. The zero-order valence-corrected chi connectivity index (χ0v) is 18.9. The molecule has 30 heavy (non-hydrogen) atoms. The van der Waals surface area contributed by atoms with Crippen molar-refractivity contribution in [3.8, 4) is 5.75 Å². The molecule has 1 amide bonds. The van der Waals surface area contributed by atoms with E-state index in [1.165, 1.54) is 0 Å². The molecule has 0 heterocycles. The standard InChI is InChI=1S/C20H23F3N4O2.HI/c1-24-19(27-13-15-5-3-4-6-17(15)29-2)26-12-11-25-18(28)14-7-9-16(10-8-14)20(21,22)23;/h3-10H,11-13H2,1-2H3,(H,25,28)(H2,24,26,27);1H. The second kappa shape index (κ2) is 12.3. The number of guanidine groups is 1. The van der Waals surface area contributed by atoms with Gasteiger partial charge in [0, 0.05) is 37.8 Å². The number of para-hydroxylation sites is 1. The van der Waals surface area contributed by atoms with Crippen LogP contribution < -0.4 is 20.7 Å². The molecule has 2 rings (SSSR count). The summed E-state index contributed by atoms with van der Waals surface area (Å²) in [7, 11) is 3.23. The Morgan fingerprint density at radius 1 is 1.00 bits per heavy atom. The summed E-state index contributed by atoms with van der Waals surface area (Å²) in [5.41, 5.74) is 0.339. The number of rotatable bonds is 7. The van der Waals surface area contributed by atoms with Crippen molar-refractivity contribution in [1.29, 1.82) is 0 Å². The zero-order chi connectivity index (χ0) is 21.3. The highest BCUT2D eigenvalue weighted by Crippen LogP contribution is 2.29. The highest BCUT2D eigenvalue weighted by atomic mass is 127. The lowest BCUT2D eigenvalue weighted by atomic mass is 10.1. The smallest absolute Gasteiger partial charge is 0.416 e. The fourth-order valence-electron chi connectivity index (χ4n) is 2.52. The number of nitrogens with one attached hydrogen (secondary N) is 3. The Hall–Kier alpha value is -2.50. The van der Waals surface area contributed by atoms with Crippen LogP contribution in [0.15, 0.2) is 53.5 Å². The van der Waals surface area contributed by atoms with Crippen LogP contribution in [-0.4, -0.2) is 39.1 Å². The molecule has 0 aliphatic heterocycles. The second-order valence-corrected chi connectivity index (χ2v) is 6.00. The highest BCUT2D eigenvalue weighted by Gasteiger charge is 2.30. The normalized spacial score (nSPS) is 11.3. The Balaban J connectivity index is 0.00000450. The van der Waals surface area contributed by atoms with E-state index in [2.05, 4.69) is 20.9 Å². The van der Waals surface area contributed by atoms with Crippen molar-refractivity contribution in [2.75, 3.05) is 27.2 Å². The van der Waals surface area contributed by atoms with Gasteiger partial charge in [0.2, 0.25) is 0 Å². The van der Waals surface area contributed by atoms with E-state index in [9.17, 15) is 18.0 Å². The van der Waals surface area contributed by atoms with Gasteiger partial charge in [0.05, 0.1) is 12.7 Å². The number of carbonyl (C=O) groups is 1. The molecule has 0 saturated carbocycles. The highest BCUT2D eigenvalue weighted by molar-refractivity contribution is 14.0. The van der Waals surface area contributed by atoms with Crippen LogP contribution in [0, 0.1) is 0 Å². The van der Waals surface area contributed by atoms with Crippen LogP contribution in [-0.2, 0) is 12.7 Å². The van der Waals surface area contributed by atoms with Gasteiger partial charge in [0.15, 0.2) is 5.96 Å². The van der Waals surface area contributed by atoms with E-state index >= 15 is 0 Å². The first-order valence-electron chi connectivity index (χ1n) is 8.87. The van der Waals surface area contributed by atoms with Gasteiger partial charge in [-0.25, -0.2) is 0 Å². The van der Waals surface area contributed by atoms with E-state index in [-0.39, 0.29) is 36.1 Å². The number of ether oxygens (including phenoxy) is 1. The summed E-state index contributed by atoms with van der Waals surface area (Å²) in [6, 6.07) is 11.7. The van der Waals surface area contributed by atoms with Crippen molar-refractivity contribution in [3.63, 3.8) is 0 Å². The molecule has 10 heteroatoms. The van der Waals surface area contributed by atoms with E-state index in [1.54, 1.807) is 14.2 Å². The van der Waals surface area contributed by atoms with Gasteiger partial charge >= 0.3 is 6.18 Å². The number of methoxy groups -OCH3 is 1. The summed E-state index contributed by atoms with van der Waals surface area (Å²) in [5.74, 6) is 0.858. The van der Waals surface area contributed by atoms with Gasteiger partial charge in [-0.3, -0.25) is 9.79 Å². The molecule has 0 radical (unpaired) electrons. The van der Waals surface area contributed by atoms with E-state index in [1.807, 2.05) is 24.3 Å². The lowest BCUT2D eigenvalue weighted by molar-refractivity contribution is -0.137. The minimum atomic E-state index is -4.43. The third kappa shape index (κ3) is 7.73. The van der Waals surface area contributed by atoms with E-state index in [0.717, 1.165) is 35.6 Å². The molecule has 0 aromatic heterocycles. The van der Waals surface area contributed by atoms with Crippen molar-refractivity contribution >= 4 is 35.8 Å². The maximum absolute atomic E-state index is 12.6. The number of aliphatic imine (C=N–C) groups is 1. The van der Waals surface area contributed by atoms with Gasteiger partial charge in [-0.15, -0.1) is 24.0 Å². The van der Waals surface area contributed by atoms with Crippen LogP contribution in [0.3, 0.4) is 0 Å². The molecule has 0 spiro atoms. The van der Waals surface area contributed by atoms with Crippen LogP contribution in [0.1, 0.15) is 21.5 Å². The summed E-state index contributed by atoms with van der Waals surface area (Å²) in [5, 5.41) is 8.83. The number of hydrogen-bond donors (Lipinski definition) is 3. The van der Waals surface area contributed by atoms with Crippen LogP contribution in [0.25, 0.3) is 0 Å². The maximum Gasteiger partial charge on any atom is 0.416 e. The Kier molecular flexibility index (Phi) is 10.4. The molecule has 3 N–H and O–H groups in total. The van der Waals surface area contributed by atoms with Crippen molar-refractivity contribution < 1.29 is 22.7 Å². The Morgan fingerprint density at radius 2 is 1.63 bits per heavy atom. The number of carbonyl (C=O) groups excluding carboxylic acids is 1. The molecule has 2 aromatic carbocycles. The average Bonchev–Trinajstić information content (AvgIpc) is 2.72. The van der Waals surface area contributed by atoms with E-state index in [4.69, 9.17) is 4.74 Å². The summed E-state index contributed by atoms with van der Waals surface area (Å²) in [6.45, 7) is 1.16. The van der Waals surface area contributed by atoms with Gasteiger partial charge in [0.1, 0.15) is 5.75 Å². The molecule has 0 saturated heterocycles.